The van der Waals surface area contributed by atoms with E-state index in [-0.39, 0.29) is 23.3 Å². The molecule has 0 aliphatic heterocycles. The molecular weight excluding hydrogens is 404 g/mol. The molecule has 2 aromatic heterocycles. The molecule has 5 rings (SSSR count). The van der Waals surface area contributed by atoms with Gasteiger partial charge in [-0.3, -0.25) is 9.36 Å². The largest absolute Gasteiger partial charge is 0.495 e. The topological polar surface area (TPSA) is 71.1 Å². The zero-order chi connectivity index (χ0) is 22.2. The van der Waals surface area contributed by atoms with Crippen LogP contribution in [0.4, 0.5) is 0 Å². The monoisotopic (exact) mass is 430 g/mol. The van der Waals surface area contributed by atoms with Gasteiger partial charge in [0.15, 0.2) is 11.2 Å². The minimum atomic E-state index is -0.364. The minimum Gasteiger partial charge on any atom is -0.495 e. The van der Waals surface area contributed by atoms with Crippen molar-refractivity contribution in [1.82, 2.24) is 18.7 Å². The molecule has 1 aliphatic carbocycles. The zero-order valence-corrected chi connectivity index (χ0v) is 18.3. The zero-order valence-electron chi connectivity index (χ0n) is 18.3. The summed E-state index contributed by atoms with van der Waals surface area (Å²) in [6.07, 6.45) is 5.35. The van der Waals surface area contributed by atoms with E-state index < -0.39 is 0 Å². The molecule has 0 spiro atoms. The molecule has 1 fully saturated rings. The number of para-hydroxylation sites is 2. The van der Waals surface area contributed by atoms with Crippen LogP contribution in [0.3, 0.4) is 0 Å². The first-order valence-corrected chi connectivity index (χ1v) is 11.0. The summed E-state index contributed by atoms with van der Waals surface area (Å²) in [5, 5.41) is 0. The number of imidazole rings is 1. The van der Waals surface area contributed by atoms with Crippen molar-refractivity contribution in [2.24, 2.45) is 0 Å². The molecular formula is C25H26N4O3. The Bertz CT molecular complexity index is 1380. The third kappa shape index (κ3) is 3.16. The molecule has 2 aromatic carbocycles. The van der Waals surface area contributed by atoms with Gasteiger partial charge in [-0.25, -0.2) is 14.3 Å². The van der Waals surface area contributed by atoms with E-state index in [1.165, 1.54) is 9.13 Å². The third-order valence-electron chi connectivity index (χ3n) is 6.52. The standard InChI is InChI=1S/C25H26N4O3/c1-17(18-10-4-3-5-11-18)27-16-26-23-22(27)24(30)28(19-12-6-7-13-19)25(31)29(23)20-14-8-9-15-21(20)32-2/h3-5,8-11,14-17,19H,6-7,12-13H2,1-2H3. The summed E-state index contributed by atoms with van der Waals surface area (Å²) in [4.78, 5) is 32.0. The Hall–Kier alpha value is -3.61. The quantitative estimate of drug-likeness (QED) is 0.478. The Kier molecular flexibility index (Phi) is 5.17. The number of ether oxygens (including phenoxy) is 1. The Morgan fingerprint density at radius 2 is 1.69 bits per heavy atom. The summed E-state index contributed by atoms with van der Waals surface area (Å²) in [6.45, 7) is 2.04. The van der Waals surface area contributed by atoms with E-state index in [9.17, 15) is 9.59 Å². The molecule has 1 atom stereocenters. The molecule has 1 saturated carbocycles. The van der Waals surface area contributed by atoms with Gasteiger partial charge in [0.05, 0.1) is 25.2 Å². The van der Waals surface area contributed by atoms with E-state index in [2.05, 4.69) is 4.98 Å². The maximum absolute atomic E-state index is 13.7. The molecule has 0 amide bonds. The normalized spacial score (nSPS) is 15.3. The number of nitrogens with zero attached hydrogens (tertiary/aromatic N) is 4. The summed E-state index contributed by atoms with van der Waals surface area (Å²) < 4.78 is 10.4. The van der Waals surface area contributed by atoms with Gasteiger partial charge >= 0.3 is 5.69 Å². The second-order valence-corrected chi connectivity index (χ2v) is 8.31. The first kappa shape index (κ1) is 20.3. The number of rotatable bonds is 5. The second kappa shape index (κ2) is 8.15. The fraction of sp³-hybridized carbons (Fsp3) is 0.320. The predicted octanol–water partition coefficient (Wildman–Crippen LogP) is 4.08. The van der Waals surface area contributed by atoms with Crippen LogP contribution in [-0.2, 0) is 0 Å². The van der Waals surface area contributed by atoms with Crippen LogP contribution in [0.25, 0.3) is 16.9 Å². The third-order valence-corrected chi connectivity index (χ3v) is 6.52. The van der Waals surface area contributed by atoms with Crippen molar-refractivity contribution in [3.05, 3.63) is 87.3 Å². The summed E-state index contributed by atoms with van der Waals surface area (Å²) in [5.74, 6) is 0.554. The van der Waals surface area contributed by atoms with Crippen LogP contribution in [0.15, 0.2) is 70.5 Å². The van der Waals surface area contributed by atoms with Gasteiger partial charge < -0.3 is 9.30 Å². The van der Waals surface area contributed by atoms with Gasteiger partial charge in [0, 0.05) is 6.04 Å². The van der Waals surface area contributed by atoms with Crippen molar-refractivity contribution in [3.63, 3.8) is 0 Å². The number of aromatic nitrogens is 4. The molecule has 0 bridgehead atoms. The van der Waals surface area contributed by atoms with Crippen LogP contribution >= 0.6 is 0 Å². The maximum Gasteiger partial charge on any atom is 0.337 e. The van der Waals surface area contributed by atoms with E-state index in [1.807, 2.05) is 66.1 Å². The predicted molar refractivity (Wildman–Crippen MR) is 124 cm³/mol. The summed E-state index contributed by atoms with van der Waals surface area (Å²) in [6, 6.07) is 17.1. The van der Waals surface area contributed by atoms with Crippen LogP contribution in [0.1, 0.15) is 50.3 Å². The Balaban J connectivity index is 1.85. The highest BCUT2D eigenvalue weighted by Crippen LogP contribution is 2.30. The van der Waals surface area contributed by atoms with Crippen molar-refractivity contribution in [2.45, 2.75) is 44.7 Å². The number of methoxy groups -OCH3 is 1. The molecule has 0 saturated heterocycles. The van der Waals surface area contributed by atoms with Gasteiger partial charge in [0.2, 0.25) is 0 Å². The van der Waals surface area contributed by atoms with Gasteiger partial charge in [0.1, 0.15) is 5.75 Å². The van der Waals surface area contributed by atoms with E-state index in [1.54, 1.807) is 13.4 Å². The molecule has 0 radical (unpaired) electrons. The molecule has 164 valence electrons. The number of hydrogen-bond donors (Lipinski definition) is 0. The lowest BCUT2D eigenvalue weighted by Gasteiger charge is -2.19. The van der Waals surface area contributed by atoms with Crippen molar-refractivity contribution < 1.29 is 4.74 Å². The smallest absolute Gasteiger partial charge is 0.337 e. The van der Waals surface area contributed by atoms with Gasteiger partial charge in [-0.2, -0.15) is 0 Å². The Morgan fingerprint density at radius 1 is 1.00 bits per heavy atom. The van der Waals surface area contributed by atoms with Crippen molar-refractivity contribution >= 4 is 11.2 Å². The molecule has 7 heteroatoms. The van der Waals surface area contributed by atoms with Crippen LogP contribution < -0.4 is 16.0 Å². The van der Waals surface area contributed by atoms with Crippen molar-refractivity contribution in [1.29, 1.82) is 0 Å². The summed E-state index contributed by atoms with van der Waals surface area (Å²) in [7, 11) is 1.57. The highest BCUT2D eigenvalue weighted by atomic mass is 16.5. The Labute approximate surface area is 185 Å². The van der Waals surface area contributed by atoms with Gasteiger partial charge in [0.25, 0.3) is 5.56 Å². The SMILES string of the molecule is COc1ccccc1-n1c(=O)n(C2CCCC2)c(=O)c2c1ncn2C(C)c1ccccc1. The van der Waals surface area contributed by atoms with Gasteiger partial charge in [-0.15, -0.1) is 0 Å². The lowest BCUT2D eigenvalue weighted by molar-refractivity contribution is 0.411. The van der Waals surface area contributed by atoms with E-state index in [0.717, 1.165) is 31.2 Å². The lowest BCUT2D eigenvalue weighted by atomic mass is 10.1. The Morgan fingerprint density at radius 3 is 2.41 bits per heavy atom. The summed E-state index contributed by atoms with van der Waals surface area (Å²) in [5.41, 5.74) is 1.78. The molecule has 7 nitrogen and oxygen atoms in total. The van der Waals surface area contributed by atoms with Crippen molar-refractivity contribution in [2.75, 3.05) is 7.11 Å². The van der Waals surface area contributed by atoms with Gasteiger partial charge in [-0.1, -0.05) is 55.3 Å². The molecule has 1 aliphatic rings. The second-order valence-electron chi connectivity index (χ2n) is 8.31. The molecule has 2 heterocycles. The number of fused-ring (bicyclic) bond motifs is 1. The van der Waals surface area contributed by atoms with E-state index >= 15 is 0 Å². The number of hydrogen-bond acceptors (Lipinski definition) is 4. The van der Waals surface area contributed by atoms with E-state index in [0.29, 0.717) is 22.6 Å². The molecule has 1 unspecified atom stereocenters. The molecule has 4 aromatic rings. The maximum atomic E-state index is 13.7. The minimum absolute atomic E-state index is 0.101. The first-order chi connectivity index (χ1) is 15.6. The average Bonchev–Trinajstić information content (AvgIpc) is 3.50. The van der Waals surface area contributed by atoms with Crippen molar-refractivity contribution in [3.8, 4) is 11.4 Å². The molecule has 32 heavy (non-hydrogen) atoms. The first-order valence-electron chi connectivity index (χ1n) is 11.0. The van der Waals surface area contributed by atoms with E-state index in [4.69, 9.17) is 4.74 Å². The fourth-order valence-electron chi connectivity index (χ4n) is 4.82. The highest BCUT2D eigenvalue weighted by molar-refractivity contribution is 5.73. The summed E-state index contributed by atoms with van der Waals surface area (Å²) >= 11 is 0. The van der Waals surface area contributed by atoms with Crippen LogP contribution in [0, 0.1) is 0 Å². The van der Waals surface area contributed by atoms with Crippen LogP contribution in [0.5, 0.6) is 5.75 Å². The van der Waals surface area contributed by atoms with Gasteiger partial charge in [-0.05, 0) is 37.5 Å². The van der Waals surface area contributed by atoms with Crippen LogP contribution in [-0.4, -0.2) is 25.8 Å². The number of benzene rings is 2. The molecule has 0 N–H and O–H groups in total. The lowest BCUT2D eigenvalue weighted by Crippen LogP contribution is -2.42. The average molecular weight is 431 g/mol. The fourth-order valence-corrected chi connectivity index (χ4v) is 4.82. The highest BCUT2D eigenvalue weighted by Gasteiger charge is 2.27. The van der Waals surface area contributed by atoms with Crippen LogP contribution in [0.2, 0.25) is 0 Å².